The van der Waals surface area contributed by atoms with E-state index in [9.17, 15) is 4.79 Å². The second kappa shape index (κ2) is 7.09. The molecule has 23 heavy (non-hydrogen) atoms. The van der Waals surface area contributed by atoms with E-state index in [0.29, 0.717) is 30.5 Å². The molecule has 0 aliphatic heterocycles. The van der Waals surface area contributed by atoms with E-state index in [0.717, 1.165) is 24.2 Å². The van der Waals surface area contributed by atoms with E-state index < -0.39 is 0 Å². The van der Waals surface area contributed by atoms with Crippen molar-refractivity contribution in [1.29, 1.82) is 0 Å². The van der Waals surface area contributed by atoms with Crippen LogP contribution in [0.4, 0.5) is 0 Å². The monoisotopic (exact) mass is 312 g/mol. The van der Waals surface area contributed by atoms with E-state index in [4.69, 9.17) is 4.74 Å². The van der Waals surface area contributed by atoms with Crippen molar-refractivity contribution in [2.45, 2.75) is 25.8 Å². The molecule has 1 heterocycles. The Morgan fingerprint density at radius 3 is 2.91 bits per heavy atom. The summed E-state index contributed by atoms with van der Waals surface area (Å²) in [5.74, 6) is 2.46. The first-order valence-corrected chi connectivity index (χ1v) is 7.73. The minimum atomic E-state index is 0.0453. The lowest BCUT2D eigenvalue weighted by Gasteiger charge is -2.07. The number of carbonyl (C=O) groups is 1. The van der Waals surface area contributed by atoms with Crippen molar-refractivity contribution in [1.82, 2.24) is 20.5 Å². The Hall–Kier alpha value is -2.63. The highest BCUT2D eigenvalue weighted by Gasteiger charge is 2.14. The normalized spacial score (nSPS) is 16.5. The summed E-state index contributed by atoms with van der Waals surface area (Å²) in [6.07, 6.45) is 6.93. The zero-order valence-corrected chi connectivity index (χ0v) is 13.1. The Morgan fingerprint density at radius 1 is 1.39 bits per heavy atom. The number of rotatable bonds is 6. The summed E-state index contributed by atoms with van der Waals surface area (Å²) in [7, 11) is 1.63. The summed E-state index contributed by atoms with van der Waals surface area (Å²) in [5, 5.41) is 9.93. The first-order chi connectivity index (χ1) is 11.2. The first-order valence-electron chi connectivity index (χ1n) is 7.73. The molecule has 2 aromatic rings. The van der Waals surface area contributed by atoms with Gasteiger partial charge in [0.15, 0.2) is 5.82 Å². The SMILES string of the molecule is COc1ccc(-c2n[nH]c(CNC(=O)CC3C=CCC3)n2)cc1. The summed E-state index contributed by atoms with van der Waals surface area (Å²) in [4.78, 5) is 16.3. The van der Waals surface area contributed by atoms with Crippen molar-refractivity contribution in [2.75, 3.05) is 7.11 Å². The van der Waals surface area contributed by atoms with Crippen molar-refractivity contribution >= 4 is 5.91 Å². The van der Waals surface area contributed by atoms with Crippen LogP contribution in [0.15, 0.2) is 36.4 Å². The van der Waals surface area contributed by atoms with Crippen LogP contribution in [0, 0.1) is 5.92 Å². The molecule has 3 rings (SSSR count). The Labute approximate surface area is 135 Å². The number of ether oxygens (including phenoxy) is 1. The maximum Gasteiger partial charge on any atom is 0.220 e. The predicted molar refractivity (Wildman–Crippen MR) is 86.7 cm³/mol. The molecule has 0 spiro atoms. The third-order valence-electron chi connectivity index (χ3n) is 3.89. The lowest BCUT2D eigenvalue weighted by atomic mass is 10.1. The van der Waals surface area contributed by atoms with Gasteiger partial charge in [0.1, 0.15) is 11.6 Å². The number of amides is 1. The standard InChI is InChI=1S/C17H20N4O2/c1-23-14-8-6-13(7-9-14)17-19-15(20-21-17)11-18-16(22)10-12-4-2-3-5-12/h2,4,6-9,12H,3,5,10-11H2,1H3,(H,18,22)(H,19,20,21). The zero-order valence-electron chi connectivity index (χ0n) is 13.1. The van der Waals surface area contributed by atoms with E-state index in [1.807, 2.05) is 24.3 Å². The van der Waals surface area contributed by atoms with Gasteiger partial charge in [-0.05, 0) is 43.0 Å². The van der Waals surface area contributed by atoms with E-state index in [2.05, 4.69) is 32.7 Å². The van der Waals surface area contributed by atoms with Crippen LogP contribution in [0.5, 0.6) is 5.75 Å². The van der Waals surface area contributed by atoms with Gasteiger partial charge >= 0.3 is 0 Å². The third-order valence-corrected chi connectivity index (χ3v) is 3.89. The molecular formula is C17H20N4O2. The average Bonchev–Trinajstić information content (AvgIpc) is 3.25. The van der Waals surface area contributed by atoms with Crippen LogP contribution in [0.1, 0.15) is 25.1 Å². The number of H-pyrrole nitrogens is 1. The Balaban J connectivity index is 1.54. The number of nitrogens with one attached hydrogen (secondary N) is 2. The molecule has 6 heteroatoms. The summed E-state index contributed by atoms with van der Waals surface area (Å²) >= 11 is 0. The maximum absolute atomic E-state index is 11.9. The maximum atomic E-state index is 11.9. The Bertz CT molecular complexity index is 691. The Morgan fingerprint density at radius 2 is 2.22 bits per heavy atom. The fourth-order valence-electron chi connectivity index (χ4n) is 2.60. The molecule has 0 saturated heterocycles. The second-order valence-corrected chi connectivity index (χ2v) is 5.58. The van der Waals surface area contributed by atoms with Crippen molar-refractivity contribution < 1.29 is 9.53 Å². The molecule has 1 aromatic heterocycles. The Kier molecular flexibility index (Phi) is 4.71. The van der Waals surface area contributed by atoms with Crippen LogP contribution in [-0.4, -0.2) is 28.2 Å². The first kappa shape index (κ1) is 15.3. The largest absolute Gasteiger partial charge is 0.497 e. The van der Waals surface area contributed by atoms with Gasteiger partial charge in [-0.25, -0.2) is 4.98 Å². The summed E-state index contributed by atoms with van der Waals surface area (Å²) in [6.45, 7) is 0.360. The molecule has 1 aromatic carbocycles. The minimum absolute atomic E-state index is 0.0453. The molecule has 6 nitrogen and oxygen atoms in total. The molecular weight excluding hydrogens is 292 g/mol. The summed E-state index contributed by atoms with van der Waals surface area (Å²) in [6, 6.07) is 7.53. The van der Waals surface area contributed by atoms with E-state index in [1.165, 1.54) is 0 Å². The van der Waals surface area contributed by atoms with E-state index in [1.54, 1.807) is 7.11 Å². The van der Waals surface area contributed by atoms with Gasteiger partial charge in [0.2, 0.25) is 5.91 Å². The van der Waals surface area contributed by atoms with Gasteiger partial charge in [-0.2, -0.15) is 5.10 Å². The van der Waals surface area contributed by atoms with Gasteiger partial charge < -0.3 is 10.1 Å². The molecule has 1 aliphatic carbocycles. The number of hydrogen-bond acceptors (Lipinski definition) is 4. The highest BCUT2D eigenvalue weighted by atomic mass is 16.5. The number of methoxy groups -OCH3 is 1. The lowest BCUT2D eigenvalue weighted by Crippen LogP contribution is -2.24. The van der Waals surface area contributed by atoms with E-state index >= 15 is 0 Å². The number of carbonyl (C=O) groups excluding carboxylic acids is 1. The van der Waals surface area contributed by atoms with Crippen LogP contribution < -0.4 is 10.1 Å². The van der Waals surface area contributed by atoms with Crippen LogP contribution >= 0.6 is 0 Å². The summed E-state index contributed by atoms with van der Waals surface area (Å²) < 4.78 is 5.13. The summed E-state index contributed by atoms with van der Waals surface area (Å²) in [5.41, 5.74) is 0.899. The van der Waals surface area contributed by atoms with Crippen LogP contribution in [0.3, 0.4) is 0 Å². The minimum Gasteiger partial charge on any atom is -0.497 e. The molecule has 120 valence electrons. The van der Waals surface area contributed by atoms with Gasteiger partial charge in [-0.1, -0.05) is 12.2 Å². The third kappa shape index (κ3) is 3.97. The van der Waals surface area contributed by atoms with Gasteiger partial charge in [0.05, 0.1) is 13.7 Å². The number of nitrogens with zero attached hydrogens (tertiary/aromatic N) is 2. The van der Waals surface area contributed by atoms with Crippen molar-refractivity contribution in [3.8, 4) is 17.1 Å². The van der Waals surface area contributed by atoms with Crippen molar-refractivity contribution in [2.24, 2.45) is 5.92 Å². The molecule has 0 radical (unpaired) electrons. The lowest BCUT2D eigenvalue weighted by molar-refractivity contribution is -0.121. The van der Waals surface area contributed by atoms with E-state index in [-0.39, 0.29) is 5.91 Å². The quantitative estimate of drug-likeness (QED) is 0.803. The number of hydrogen-bond donors (Lipinski definition) is 2. The fourth-order valence-corrected chi connectivity index (χ4v) is 2.60. The predicted octanol–water partition coefficient (Wildman–Crippen LogP) is 2.45. The van der Waals surface area contributed by atoms with Crippen LogP contribution in [0.2, 0.25) is 0 Å². The van der Waals surface area contributed by atoms with Gasteiger partial charge in [0, 0.05) is 12.0 Å². The molecule has 0 bridgehead atoms. The van der Waals surface area contributed by atoms with Gasteiger partial charge in [-0.15, -0.1) is 0 Å². The van der Waals surface area contributed by atoms with Crippen LogP contribution in [0.25, 0.3) is 11.4 Å². The molecule has 0 fully saturated rings. The highest BCUT2D eigenvalue weighted by Crippen LogP contribution is 2.20. The van der Waals surface area contributed by atoms with Gasteiger partial charge in [-0.3, -0.25) is 9.89 Å². The topological polar surface area (TPSA) is 79.9 Å². The van der Waals surface area contributed by atoms with Crippen molar-refractivity contribution in [3.05, 3.63) is 42.2 Å². The number of allylic oxidation sites excluding steroid dienone is 2. The average molecular weight is 312 g/mol. The molecule has 1 atom stereocenters. The molecule has 1 unspecified atom stereocenters. The van der Waals surface area contributed by atoms with Crippen molar-refractivity contribution in [3.63, 3.8) is 0 Å². The molecule has 2 N–H and O–H groups in total. The fraction of sp³-hybridized carbons (Fsp3) is 0.353. The molecule has 1 amide bonds. The highest BCUT2D eigenvalue weighted by molar-refractivity contribution is 5.76. The number of benzene rings is 1. The number of aromatic nitrogens is 3. The molecule has 0 saturated carbocycles. The smallest absolute Gasteiger partial charge is 0.220 e. The number of aromatic amines is 1. The zero-order chi connectivity index (χ0) is 16.1. The van der Waals surface area contributed by atoms with Gasteiger partial charge in [0.25, 0.3) is 0 Å². The molecule has 1 aliphatic rings. The van der Waals surface area contributed by atoms with Crippen LogP contribution in [-0.2, 0) is 11.3 Å². The second-order valence-electron chi connectivity index (χ2n) is 5.58.